The molecule has 0 saturated heterocycles. The minimum atomic E-state index is 0.256. The number of hydrogen-bond acceptors (Lipinski definition) is 3. The molecule has 0 unspecified atom stereocenters. The number of benzene rings is 2. The zero-order valence-corrected chi connectivity index (χ0v) is 22.7. The average Bonchev–Trinajstić information content (AvgIpc) is 2.81. The number of hydrogen-bond donors (Lipinski definition) is 0. The lowest BCUT2D eigenvalue weighted by atomic mass is 10.1. The van der Waals surface area contributed by atoms with Crippen LogP contribution in [0.2, 0.25) is 0 Å². The molecule has 3 rings (SSSR count). The molecular formula is C30H45NO2. The standard InChI is InChI=1S/C14H15NO.C12H18O.2C2H6/c1-10-6-7-13(9-11(10)2)16-14-5-4-8-15-12(14)3;1-5-11-6-7-12(8-10(11)4)13-9(2)3;2*1-2/h4-9H,1-3H3;6-9H,5H2,1-4H3;2*1-2H3. The Bertz CT molecular complexity index is 932. The van der Waals surface area contributed by atoms with Gasteiger partial charge in [-0.2, -0.15) is 0 Å². The third kappa shape index (κ3) is 11.1. The monoisotopic (exact) mass is 451 g/mol. The molecule has 0 fully saturated rings. The van der Waals surface area contributed by atoms with Crippen molar-refractivity contribution in [1.82, 2.24) is 4.98 Å². The Hall–Kier alpha value is -2.81. The predicted octanol–water partition coefficient (Wildman–Crippen LogP) is 9.20. The van der Waals surface area contributed by atoms with Crippen molar-refractivity contribution in [1.29, 1.82) is 0 Å². The highest BCUT2D eigenvalue weighted by Gasteiger charge is 2.02. The van der Waals surface area contributed by atoms with Crippen LogP contribution in [0.4, 0.5) is 0 Å². The van der Waals surface area contributed by atoms with Gasteiger partial charge >= 0.3 is 0 Å². The summed E-state index contributed by atoms with van der Waals surface area (Å²) in [4.78, 5) is 4.19. The van der Waals surface area contributed by atoms with Crippen molar-refractivity contribution in [2.24, 2.45) is 0 Å². The molecule has 0 bridgehead atoms. The van der Waals surface area contributed by atoms with E-state index >= 15 is 0 Å². The van der Waals surface area contributed by atoms with Gasteiger partial charge in [0.1, 0.15) is 17.2 Å². The molecule has 0 radical (unpaired) electrons. The van der Waals surface area contributed by atoms with Crippen molar-refractivity contribution < 1.29 is 9.47 Å². The summed E-state index contributed by atoms with van der Waals surface area (Å²) in [6, 6.07) is 16.2. The van der Waals surface area contributed by atoms with E-state index in [1.54, 1.807) is 6.20 Å². The Labute approximate surface area is 203 Å². The highest BCUT2D eigenvalue weighted by atomic mass is 16.5. The van der Waals surface area contributed by atoms with Crippen LogP contribution in [0.1, 0.15) is 76.4 Å². The third-order valence-electron chi connectivity index (χ3n) is 4.73. The van der Waals surface area contributed by atoms with Gasteiger partial charge in [-0.3, -0.25) is 4.98 Å². The molecule has 1 aromatic heterocycles. The Morgan fingerprint density at radius 2 is 1.36 bits per heavy atom. The lowest BCUT2D eigenvalue weighted by Gasteiger charge is -2.11. The van der Waals surface area contributed by atoms with Crippen molar-refractivity contribution in [3.8, 4) is 17.2 Å². The molecule has 33 heavy (non-hydrogen) atoms. The lowest BCUT2D eigenvalue weighted by molar-refractivity contribution is 0.242. The largest absolute Gasteiger partial charge is 0.491 e. The van der Waals surface area contributed by atoms with Gasteiger partial charge in [-0.25, -0.2) is 0 Å². The number of pyridine rings is 1. The molecule has 2 aromatic carbocycles. The summed E-state index contributed by atoms with van der Waals surface area (Å²) in [5.74, 6) is 2.65. The van der Waals surface area contributed by atoms with E-state index in [9.17, 15) is 0 Å². The van der Waals surface area contributed by atoms with Crippen LogP contribution < -0.4 is 9.47 Å². The highest BCUT2D eigenvalue weighted by molar-refractivity contribution is 5.38. The fraction of sp³-hybridized carbons (Fsp3) is 0.433. The molecule has 0 N–H and O–H groups in total. The van der Waals surface area contributed by atoms with Crippen LogP contribution in [0.3, 0.4) is 0 Å². The van der Waals surface area contributed by atoms with Gasteiger partial charge in [0.2, 0.25) is 0 Å². The van der Waals surface area contributed by atoms with Crippen molar-refractivity contribution >= 4 is 0 Å². The Morgan fingerprint density at radius 3 is 1.88 bits per heavy atom. The van der Waals surface area contributed by atoms with E-state index in [1.165, 1.54) is 22.3 Å². The van der Waals surface area contributed by atoms with E-state index in [0.29, 0.717) is 0 Å². The molecule has 0 amide bonds. The van der Waals surface area contributed by atoms with E-state index in [2.05, 4.69) is 50.9 Å². The quantitative estimate of drug-likeness (QED) is 0.387. The molecule has 0 saturated carbocycles. The third-order valence-corrected chi connectivity index (χ3v) is 4.73. The van der Waals surface area contributed by atoms with Crippen molar-refractivity contribution in [3.05, 3.63) is 82.7 Å². The van der Waals surface area contributed by atoms with E-state index in [4.69, 9.17) is 9.47 Å². The number of rotatable bonds is 5. The number of ether oxygens (including phenoxy) is 2. The number of aromatic nitrogens is 1. The lowest BCUT2D eigenvalue weighted by Crippen LogP contribution is -2.05. The predicted molar refractivity (Wildman–Crippen MR) is 144 cm³/mol. The van der Waals surface area contributed by atoms with Crippen LogP contribution in [0, 0.1) is 27.7 Å². The van der Waals surface area contributed by atoms with Gasteiger partial charge in [-0.05, 0) is 107 Å². The van der Waals surface area contributed by atoms with Gasteiger partial charge in [-0.15, -0.1) is 0 Å². The first kappa shape index (κ1) is 30.2. The van der Waals surface area contributed by atoms with E-state index in [-0.39, 0.29) is 6.10 Å². The maximum absolute atomic E-state index is 5.78. The summed E-state index contributed by atoms with van der Waals surface area (Å²) in [7, 11) is 0. The molecule has 3 aromatic rings. The molecule has 3 heteroatoms. The van der Waals surface area contributed by atoms with Gasteiger partial charge in [0.25, 0.3) is 0 Å². The van der Waals surface area contributed by atoms with Crippen LogP contribution in [0.15, 0.2) is 54.7 Å². The van der Waals surface area contributed by atoms with E-state index in [1.807, 2.05) is 78.8 Å². The van der Waals surface area contributed by atoms with Gasteiger partial charge in [0.05, 0.1) is 11.8 Å². The summed E-state index contributed by atoms with van der Waals surface area (Å²) in [5.41, 5.74) is 6.13. The van der Waals surface area contributed by atoms with Gasteiger partial charge in [0.15, 0.2) is 0 Å². The first-order valence-electron chi connectivity index (χ1n) is 12.2. The van der Waals surface area contributed by atoms with E-state index in [0.717, 1.165) is 29.4 Å². The normalized spacial score (nSPS) is 9.45. The van der Waals surface area contributed by atoms with Crippen LogP contribution in [0.5, 0.6) is 17.2 Å². The molecule has 0 spiro atoms. The fourth-order valence-electron chi connectivity index (χ4n) is 2.89. The second kappa shape index (κ2) is 16.8. The molecular weight excluding hydrogens is 406 g/mol. The number of aryl methyl sites for hydroxylation is 5. The van der Waals surface area contributed by atoms with Crippen molar-refractivity contribution in [3.63, 3.8) is 0 Å². The topological polar surface area (TPSA) is 31.4 Å². The van der Waals surface area contributed by atoms with E-state index < -0.39 is 0 Å². The molecule has 0 aliphatic heterocycles. The Morgan fingerprint density at radius 1 is 0.758 bits per heavy atom. The first-order valence-corrected chi connectivity index (χ1v) is 12.2. The summed E-state index contributed by atoms with van der Waals surface area (Å²) < 4.78 is 11.4. The Balaban J connectivity index is 0.000000549. The number of nitrogens with zero attached hydrogens (tertiary/aromatic N) is 1. The fourth-order valence-corrected chi connectivity index (χ4v) is 2.89. The second-order valence-corrected chi connectivity index (χ2v) is 7.54. The van der Waals surface area contributed by atoms with Crippen LogP contribution >= 0.6 is 0 Å². The summed E-state index contributed by atoms with van der Waals surface area (Å²) in [6.45, 7) is 22.5. The first-order chi connectivity index (χ1) is 15.8. The molecule has 0 aliphatic carbocycles. The van der Waals surface area contributed by atoms with Crippen LogP contribution in [-0.2, 0) is 6.42 Å². The molecule has 0 atom stereocenters. The van der Waals surface area contributed by atoms with Gasteiger partial charge in [0, 0.05) is 6.20 Å². The van der Waals surface area contributed by atoms with Crippen molar-refractivity contribution in [2.45, 2.75) is 88.7 Å². The summed E-state index contributed by atoms with van der Waals surface area (Å²) in [5, 5.41) is 0. The average molecular weight is 452 g/mol. The van der Waals surface area contributed by atoms with Gasteiger partial charge < -0.3 is 9.47 Å². The summed E-state index contributed by atoms with van der Waals surface area (Å²) >= 11 is 0. The Kier molecular flexibility index (Phi) is 15.3. The molecule has 1 heterocycles. The van der Waals surface area contributed by atoms with Crippen molar-refractivity contribution in [2.75, 3.05) is 0 Å². The summed E-state index contributed by atoms with van der Waals surface area (Å²) in [6.07, 6.45) is 3.11. The maximum atomic E-state index is 5.78. The second-order valence-electron chi connectivity index (χ2n) is 7.54. The van der Waals surface area contributed by atoms with Crippen LogP contribution in [0.25, 0.3) is 0 Å². The minimum absolute atomic E-state index is 0.256. The highest BCUT2D eigenvalue weighted by Crippen LogP contribution is 2.25. The smallest absolute Gasteiger partial charge is 0.148 e. The van der Waals surface area contributed by atoms with Crippen LogP contribution in [-0.4, -0.2) is 11.1 Å². The minimum Gasteiger partial charge on any atom is -0.491 e. The zero-order chi connectivity index (χ0) is 25.4. The molecule has 182 valence electrons. The van der Waals surface area contributed by atoms with Gasteiger partial charge in [-0.1, -0.05) is 46.8 Å². The maximum Gasteiger partial charge on any atom is 0.148 e. The zero-order valence-electron chi connectivity index (χ0n) is 22.7. The molecule has 3 nitrogen and oxygen atoms in total. The SMILES string of the molecule is CC.CC.CCc1ccc(OC(C)C)cc1C.Cc1ccc(Oc2cccnc2C)cc1C. The molecule has 0 aliphatic rings.